The molecule has 0 N–H and O–H groups in total. The Kier molecular flexibility index (Phi) is 11.2. The molecule has 0 bridgehead atoms. The van der Waals surface area contributed by atoms with Gasteiger partial charge in [-0.1, -0.05) is 136 Å². The summed E-state index contributed by atoms with van der Waals surface area (Å²) in [5.41, 5.74) is 10.6. The minimum absolute atomic E-state index is 0.207. The Morgan fingerprint density at radius 1 is 0.744 bits per heavy atom. The third-order valence-electron chi connectivity index (χ3n) is 9.34. The Balaban J connectivity index is 2.05. The lowest BCUT2D eigenvalue weighted by atomic mass is 9.77. The molecule has 0 amide bonds. The summed E-state index contributed by atoms with van der Waals surface area (Å²) >= 11 is 7.53. The van der Waals surface area contributed by atoms with E-state index in [1.165, 1.54) is 92.0 Å². The van der Waals surface area contributed by atoms with Crippen LogP contribution in [0.25, 0.3) is 11.1 Å². The molecular weight excluding hydrogens is 511 g/mol. The van der Waals surface area contributed by atoms with Crippen molar-refractivity contribution in [3.8, 4) is 11.1 Å². The number of halogens is 1. The molecule has 4 rings (SSSR count). The first-order chi connectivity index (χ1) is 18.8. The van der Waals surface area contributed by atoms with Crippen molar-refractivity contribution in [2.75, 3.05) is 0 Å². The van der Waals surface area contributed by atoms with Crippen LogP contribution in [0.15, 0.2) is 36.4 Å². The maximum absolute atomic E-state index is 7.53. The van der Waals surface area contributed by atoms with Crippen LogP contribution in [-0.4, -0.2) is 11.3 Å². The quantitative estimate of drug-likeness (QED) is 0.210. The maximum Gasteiger partial charge on any atom is 0.0484 e. The Bertz CT molecular complexity index is 1090. The fourth-order valence-corrected chi connectivity index (χ4v) is 12.3. The maximum atomic E-state index is 7.53. The fourth-order valence-electron chi connectivity index (χ4n) is 7.68. The Hall–Kier alpha value is -1.10. The highest BCUT2D eigenvalue weighted by Gasteiger charge is 2.35. The first-order valence-electron chi connectivity index (χ1n) is 16.1. The lowest BCUT2D eigenvalue weighted by Crippen LogP contribution is -2.27. The van der Waals surface area contributed by atoms with Crippen LogP contribution in [0, 0.1) is 0 Å². The van der Waals surface area contributed by atoms with Crippen LogP contribution in [0.1, 0.15) is 153 Å². The van der Waals surface area contributed by atoms with Crippen LogP contribution in [0.4, 0.5) is 0 Å². The van der Waals surface area contributed by atoms with Gasteiger partial charge in [0.2, 0.25) is 0 Å². The van der Waals surface area contributed by atoms with Crippen molar-refractivity contribution in [3.63, 3.8) is 0 Å². The molecule has 0 radical (unpaired) electrons. The topological polar surface area (TPSA) is 0 Å². The summed E-state index contributed by atoms with van der Waals surface area (Å²) in [7, 11) is -0.207. The summed E-state index contributed by atoms with van der Waals surface area (Å²) in [5.74, 6) is 1.22. The molecule has 2 aliphatic rings. The highest BCUT2D eigenvalue weighted by atomic mass is 35.5. The molecule has 0 aliphatic heterocycles. The van der Waals surface area contributed by atoms with Gasteiger partial charge in [0, 0.05) is 5.02 Å². The molecule has 0 heterocycles. The highest BCUT2D eigenvalue weighted by molar-refractivity contribution is 7.67. The molecule has 2 aliphatic carbocycles. The first-order valence-corrected chi connectivity index (χ1v) is 18.0. The van der Waals surface area contributed by atoms with Crippen molar-refractivity contribution < 1.29 is 0 Å². The van der Waals surface area contributed by atoms with E-state index in [2.05, 4.69) is 84.9 Å². The normalized spacial score (nSPS) is 17.9. The van der Waals surface area contributed by atoms with E-state index in [0.717, 1.165) is 22.8 Å². The van der Waals surface area contributed by atoms with Crippen molar-refractivity contribution in [2.45, 2.75) is 148 Å². The third kappa shape index (κ3) is 6.70. The molecule has 0 spiro atoms. The fraction of sp³-hybridized carbons (Fsp3) is 0.622. The van der Waals surface area contributed by atoms with E-state index in [9.17, 15) is 0 Å². The van der Waals surface area contributed by atoms with Crippen LogP contribution in [0.3, 0.4) is 0 Å². The van der Waals surface area contributed by atoms with Crippen molar-refractivity contribution in [1.29, 1.82) is 0 Å². The zero-order chi connectivity index (χ0) is 28.1. The molecule has 0 saturated heterocycles. The van der Waals surface area contributed by atoms with Gasteiger partial charge >= 0.3 is 0 Å². The number of hydrogen-bond donors (Lipinski definition) is 0. The predicted octanol–water partition coefficient (Wildman–Crippen LogP) is 12.3. The number of allylic oxidation sites excluding steroid dienone is 2. The smallest absolute Gasteiger partial charge is 0.0484 e. The van der Waals surface area contributed by atoms with E-state index < -0.39 is 0 Å². The molecule has 2 fully saturated rings. The van der Waals surface area contributed by atoms with Crippen LogP contribution in [0.5, 0.6) is 0 Å². The molecule has 0 unspecified atom stereocenters. The number of hydrogen-bond acceptors (Lipinski definition) is 0. The van der Waals surface area contributed by atoms with E-state index in [4.69, 9.17) is 11.6 Å². The zero-order valence-electron chi connectivity index (χ0n) is 26.0. The van der Waals surface area contributed by atoms with Gasteiger partial charge in [-0.3, -0.25) is 0 Å². The minimum atomic E-state index is -0.207. The standard InChI is InChI=1S/C37H54ClP/c1-8-9-22-31-33(25(2)3)36(35(27(6)7)37(38)34(31)26(4)5)30-23-16-17-24-32(30)39(28-18-12-10-13-19-28)29-20-14-11-15-21-29/h8-9,16-17,23-29H,10-15,18-22H2,1-7H3. The van der Waals surface area contributed by atoms with Gasteiger partial charge < -0.3 is 0 Å². The summed E-state index contributed by atoms with van der Waals surface area (Å²) in [6, 6.07) is 9.68. The summed E-state index contributed by atoms with van der Waals surface area (Å²) in [5, 5.41) is 2.73. The van der Waals surface area contributed by atoms with Crippen LogP contribution >= 0.6 is 19.5 Å². The molecule has 0 nitrogen and oxygen atoms in total. The summed E-state index contributed by atoms with van der Waals surface area (Å²) in [6.07, 6.45) is 19.8. The second-order valence-corrected chi connectivity index (χ2v) is 16.3. The summed E-state index contributed by atoms with van der Waals surface area (Å²) < 4.78 is 0. The molecule has 2 saturated carbocycles. The Morgan fingerprint density at radius 2 is 1.26 bits per heavy atom. The molecule has 2 aromatic rings. The zero-order valence-corrected chi connectivity index (χ0v) is 27.6. The van der Waals surface area contributed by atoms with Crippen molar-refractivity contribution in [3.05, 3.63) is 63.7 Å². The molecule has 2 aromatic carbocycles. The van der Waals surface area contributed by atoms with Gasteiger partial charge in [-0.2, -0.15) is 0 Å². The van der Waals surface area contributed by atoms with Crippen LogP contribution in [0.2, 0.25) is 5.02 Å². The van der Waals surface area contributed by atoms with Crippen molar-refractivity contribution >= 4 is 24.8 Å². The van der Waals surface area contributed by atoms with Crippen LogP contribution < -0.4 is 5.30 Å². The molecule has 39 heavy (non-hydrogen) atoms. The number of benzene rings is 2. The summed E-state index contributed by atoms with van der Waals surface area (Å²) in [4.78, 5) is 0. The third-order valence-corrected chi connectivity index (χ3v) is 13.3. The SMILES string of the molecule is CC=CCc1c(C(C)C)c(Cl)c(C(C)C)c(-c2ccccc2P(C2CCCCC2)C2CCCCC2)c1C(C)C. The number of rotatable bonds is 9. The predicted molar refractivity (Wildman–Crippen MR) is 178 cm³/mol. The van der Waals surface area contributed by atoms with Crippen LogP contribution in [-0.2, 0) is 6.42 Å². The molecule has 214 valence electrons. The van der Waals surface area contributed by atoms with Crippen molar-refractivity contribution in [1.82, 2.24) is 0 Å². The van der Waals surface area contributed by atoms with Gasteiger partial charge in [-0.25, -0.2) is 0 Å². The average Bonchev–Trinajstić information content (AvgIpc) is 2.92. The van der Waals surface area contributed by atoms with Gasteiger partial charge in [-0.15, -0.1) is 0 Å². The molecular formula is C37H54ClP. The van der Waals surface area contributed by atoms with Crippen molar-refractivity contribution in [2.24, 2.45) is 0 Å². The Labute approximate surface area is 247 Å². The lowest BCUT2D eigenvalue weighted by molar-refractivity contribution is 0.487. The van der Waals surface area contributed by atoms with E-state index in [-0.39, 0.29) is 7.92 Å². The first kappa shape index (κ1) is 30.8. The minimum Gasteiger partial charge on any atom is -0.0913 e. The average molecular weight is 565 g/mol. The van der Waals surface area contributed by atoms with Gasteiger partial charge in [-0.05, 0) is 107 Å². The monoisotopic (exact) mass is 564 g/mol. The second kappa shape index (κ2) is 14.2. The second-order valence-electron chi connectivity index (χ2n) is 13.2. The van der Waals surface area contributed by atoms with Gasteiger partial charge in [0.25, 0.3) is 0 Å². The van der Waals surface area contributed by atoms with E-state index in [0.29, 0.717) is 17.8 Å². The van der Waals surface area contributed by atoms with E-state index in [1.807, 2.05) is 0 Å². The van der Waals surface area contributed by atoms with E-state index in [1.54, 1.807) is 10.9 Å². The molecule has 2 heteroatoms. The van der Waals surface area contributed by atoms with E-state index >= 15 is 0 Å². The molecule has 0 atom stereocenters. The highest BCUT2D eigenvalue weighted by Crippen LogP contribution is 2.57. The largest absolute Gasteiger partial charge is 0.0913 e. The van der Waals surface area contributed by atoms with Gasteiger partial charge in [0.05, 0.1) is 0 Å². The van der Waals surface area contributed by atoms with Gasteiger partial charge in [0.1, 0.15) is 0 Å². The van der Waals surface area contributed by atoms with Gasteiger partial charge in [0.15, 0.2) is 0 Å². The molecule has 0 aromatic heterocycles. The lowest BCUT2D eigenvalue weighted by Gasteiger charge is -2.40. The Morgan fingerprint density at radius 3 is 1.74 bits per heavy atom. The summed E-state index contributed by atoms with van der Waals surface area (Å²) in [6.45, 7) is 16.3.